The van der Waals surface area contributed by atoms with Gasteiger partial charge in [-0.05, 0) is 44.7 Å². The van der Waals surface area contributed by atoms with Crippen molar-refractivity contribution >= 4 is 11.5 Å². The van der Waals surface area contributed by atoms with E-state index in [1.54, 1.807) is 0 Å². The van der Waals surface area contributed by atoms with Crippen LogP contribution in [0.15, 0.2) is 18.3 Å². The summed E-state index contributed by atoms with van der Waals surface area (Å²) in [5, 5.41) is 3.57. The fraction of sp³-hybridized carbons (Fsp3) is 0.722. The summed E-state index contributed by atoms with van der Waals surface area (Å²) in [6, 6.07) is 4.88. The first-order valence-electron chi connectivity index (χ1n) is 8.77. The Kier molecular flexibility index (Phi) is 6.84. The van der Waals surface area contributed by atoms with Gasteiger partial charge in [-0.1, -0.05) is 32.6 Å². The van der Waals surface area contributed by atoms with E-state index >= 15 is 0 Å². The van der Waals surface area contributed by atoms with Crippen LogP contribution in [0, 0.1) is 0 Å². The van der Waals surface area contributed by atoms with Crippen molar-refractivity contribution in [2.24, 2.45) is 0 Å². The van der Waals surface area contributed by atoms with Crippen LogP contribution in [0.1, 0.15) is 65.2 Å². The molecule has 1 aromatic heterocycles. The lowest BCUT2D eigenvalue weighted by Crippen LogP contribution is -2.30. The Bertz CT molecular complexity index is 382. The number of piperidine rings is 1. The molecule has 0 radical (unpaired) electrons. The Morgan fingerprint density at radius 1 is 1.14 bits per heavy atom. The first kappa shape index (κ1) is 16.1. The van der Waals surface area contributed by atoms with Crippen LogP contribution in [-0.2, 0) is 0 Å². The number of nitrogens with one attached hydrogen (secondary N) is 1. The molecule has 3 heteroatoms. The van der Waals surface area contributed by atoms with Gasteiger partial charge in [-0.15, -0.1) is 0 Å². The maximum Gasteiger partial charge on any atom is 0.128 e. The normalized spacial score (nSPS) is 16.8. The van der Waals surface area contributed by atoms with Crippen molar-refractivity contribution in [1.29, 1.82) is 0 Å². The Morgan fingerprint density at radius 3 is 2.62 bits per heavy atom. The van der Waals surface area contributed by atoms with Crippen LogP contribution in [0.5, 0.6) is 0 Å². The van der Waals surface area contributed by atoms with E-state index in [-0.39, 0.29) is 0 Å². The van der Waals surface area contributed by atoms with Crippen LogP contribution in [0.2, 0.25) is 0 Å². The maximum atomic E-state index is 4.63. The van der Waals surface area contributed by atoms with Crippen LogP contribution in [-0.4, -0.2) is 24.1 Å². The third-order valence-electron chi connectivity index (χ3n) is 4.33. The van der Waals surface area contributed by atoms with Gasteiger partial charge in [-0.3, -0.25) is 0 Å². The van der Waals surface area contributed by atoms with Gasteiger partial charge in [0.2, 0.25) is 0 Å². The van der Waals surface area contributed by atoms with Crippen molar-refractivity contribution in [3.8, 4) is 0 Å². The van der Waals surface area contributed by atoms with Gasteiger partial charge >= 0.3 is 0 Å². The first-order valence-corrected chi connectivity index (χ1v) is 8.77. The molecule has 2 rings (SSSR count). The molecule has 0 bridgehead atoms. The van der Waals surface area contributed by atoms with Gasteiger partial charge in [0.25, 0.3) is 0 Å². The van der Waals surface area contributed by atoms with Gasteiger partial charge in [0.05, 0.1) is 11.9 Å². The molecule has 3 nitrogen and oxygen atoms in total. The number of nitrogens with zero attached hydrogens (tertiary/aromatic N) is 2. The molecule has 21 heavy (non-hydrogen) atoms. The highest BCUT2D eigenvalue weighted by Gasteiger charge is 2.11. The van der Waals surface area contributed by atoms with Gasteiger partial charge in [0.15, 0.2) is 0 Å². The number of pyridine rings is 1. The highest BCUT2D eigenvalue weighted by molar-refractivity contribution is 5.49. The fourth-order valence-electron chi connectivity index (χ4n) is 3.02. The standard InChI is InChI=1S/C18H31N3/c1-3-4-5-7-10-16(2)20-17-11-12-18(19-15-17)21-13-8-6-9-14-21/h11-12,15-16,20H,3-10,13-14H2,1-2H3. The SMILES string of the molecule is CCCCCCC(C)Nc1ccc(N2CCCCC2)nc1. The molecular formula is C18H31N3. The minimum atomic E-state index is 0.532. The summed E-state index contributed by atoms with van der Waals surface area (Å²) in [6.07, 6.45) is 12.6. The van der Waals surface area contributed by atoms with Crippen molar-refractivity contribution in [3.05, 3.63) is 18.3 Å². The van der Waals surface area contributed by atoms with E-state index in [0.29, 0.717) is 6.04 Å². The average molecular weight is 289 g/mol. The highest BCUT2D eigenvalue weighted by Crippen LogP contribution is 2.19. The number of aromatic nitrogens is 1. The molecule has 0 spiro atoms. The Morgan fingerprint density at radius 2 is 1.95 bits per heavy atom. The Hall–Kier alpha value is -1.25. The lowest BCUT2D eigenvalue weighted by molar-refractivity contribution is 0.573. The summed E-state index contributed by atoms with van der Waals surface area (Å²) in [5.41, 5.74) is 1.15. The Labute approximate surface area is 130 Å². The molecular weight excluding hydrogens is 258 g/mol. The summed E-state index contributed by atoms with van der Waals surface area (Å²) in [5.74, 6) is 1.14. The van der Waals surface area contributed by atoms with Crippen LogP contribution >= 0.6 is 0 Å². The molecule has 118 valence electrons. The molecule has 1 aromatic rings. The van der Waals surface area contributed by atoms with E-state index in [0.717, 1.165) is 24.6 Å². The first-order chi connectivity index (χ1) is 10.3. The highest BCUT2D eigenvalue weighted by atomic mass is 15.2. The predicted octanol–water partition coefficient (Wildman–Crippen LogP) is 4.84. The lowest BCUT2D eigenvalue weighted by Gasteiger charge is -2.27. The van der Waals surface area contributed by atoms with Gasteiger partial charge in [-0.25, -0.2) is 4.98 Å². The molecule has 1 atom stereocenters. The topological polar surface area (TPSA) is 28.2 Å². The summed E-state index contributed by atoms with van der Waals surface area (Å²) in [4.78, 5) is 7.03. The van der Waals surface area contributed by atoms with Crippen molar-refractivity contribution in [3.63, 3.8) is 0 Å². The van der Waals surface area contributed by atoms with Gasteiger partial charge in [0.1, 0.15) is 5.82 Å². The molecule has 2 heterocycles. The molecule has 1 aliphatic rings. The zero-order chi connectivity index (χ0) is 14.9. The molecule has 1 fully saturated rings. The second kappa shape index (κ2) is 8.91. The molecule has 0 amide bonds. The average Bonchev–Trinajstić information content (AvgIpc) is 2.53. The van der Waals surface area contributed by atoms with Crippen molar-refractivity contribution in [1.82, 2.24) is 4.98 Å². The number of hydrogen-bond acceptors (Lipinski definition) is 3. The molecule has 1 unspecified atom stereocenters. The fourth-order valence-corrected chi connectivity index (χ4v) is 3.02. The van der Waals surface area contributed by atoms with E-state index in [2.05, 4.69) is 41.2 Å². The minimum absolute atomic E-state index is 0.532. The number of anilines is 2. The Balaban J connectivity index is 1.76. The number of rotatable bonds is 8. The summed E-state index contributed by atoms with van der Waals surface area (Å²) in [7, 11) is 0. The van der Waals surface area contributed by atoms with Crippen LogP contribution in [0.4, 0.5) is 11.5 Å². The zero-order valence-corrected chi connectivity index (χ0v) is 13.8. The third-order valence-corrected chi connectivity index (χ3v) is 4.33. The third kappa shape index (κ3) is 5.56. The second-order valence-corrected chi connectivity index (χ2v) is 6.35. The molecule has 0 aromatic carbocycles. The van der Waals surface area contributed by atoms with Crippen LogP contribution < -0.4 is 10.2 Å². The monoisotopic (exact) mass is 289 g/mol. The second-order valence-electron chi connectivity index (χ2n) is 6.35. The van der Waals surface area contributed by atoms with Crippen LogP contribution in [0.25, 0.3) is 0 Å². The summed E-state index contributed by atoms with van der Waals surface area (Å²) in [6.45, 7) is 6.85. The van der Waals surface area contributed by atoms with Gasteiger partial charge in [-0.2, -0.15) is 0 Å². The van der Waals surface area contributed by atoms with Crippen molar-refractivity contribution in [2.75, 3.05) is 23.3 Å². The molecule has 1 N–H and O–H groups in total. The van der Waals surface area contributed by atoms with Crippen molar-refractivity contribution in [2.45, 2.75) is 71.3 Å². The lowest BCUT2D eigenvalue weighted by atomic mass is 10.1. The largest absolute Gasteiger partial charge is 0.381 e. The predicted molar refractivity (Wildman–Crippen MR) is 92.1 cm³/mol. The van der Waals surface area contributed by atoms with E-state index in [9.17, 15) is 0 Å². The maximum absolute atomic E-state index is 4.63. The van der Waals surface area contributed by atoms with Crippen LogP contribution in [0.3, 0.4) is 0 Å². The molecule has 0 aliphatic carbocycles. The smallest absolute Gasteiger partial charge is 0.128 e. The summed E-state index contributed by atoms with van der Waals surface area (Å²) >= 11 is 0. The minimum Gasteiger partial charge on any atom is -0.381 e. The van der Waals surface area contributed by atoms with Gasteiger partial charge < -0.3 is 10.2 Å². The van der Waals surface area contributed by atoms with E-state index in [4.69, 9.17) is 0 Å². The molecule has 1 saturated heterocycles. The van der Waals surface area contributed by atoms with E-state index < -0.39 is 0 Å². The molecule has 1 aliphatic heterocycles. The zero-order valence-electron chi connectivity index (χ0n) is 13.8. The van der Waals surface area contributed by atoms with Gasteiger partial charge in [0, 0.05) is 19.1 Å². The van der Waals surface area contributed by atoms with E-state index in [1.807, 2.05) is 6.20 Å². The number of unbranched alkanes of at least 4 members (excludes halogenated alkanes) is 3. The summed E-state index contributed by atoms with van der Waals surface area (Å²) < 4.78 is 0. The molecule has 0 saturated carbocycles. The van der Waals surface area contributed by atoms with E-state index in [1.165, 1.54) is 51.4 Å². The number of hydrogen-bond donors (Lipinski definition) is 1. The van der Waals surface area contributed by atoms with Crippen molar-refractivity contribution < 1.29 is 0 Å². The quantitative estimate of drug-likeness (QED) is 0.694.